The molecule has 4 N–H and O–H groups in total. The highest BCUT2D eigenvalue weighted by Gasteiger charge is 2.34. The fourth-order valence-electron chi connectivity index (χ4n) is 4.54. The highest BCUT2D eigenvalue weighted by Crippen LogP contribution is 2.32. The number of carbonyl (C=O) groups is 2. The second-order valence-corrected chi connectivity index (χ2v) is 10.3. The fraction of sp³-hybridized carbons (Fsp3) is 0.500. The van der Waals surface area contributed by atoms with Gasteiger partial charge in [0, 0.05) is 12.3 Å². The number of ether oxygens (including phenoxy) is 1. The van der Waals surface area contributed by atoms with Gasteiger partial charge in [-0.3, -0.25) is 4.79 Å². The number of aliphatic hydroxyl groups excluding tert-OH is 2. The highest BCUT2D eigenvalue weighted by molar-refractivity contribution is 5.79. The standard InChI is InChI=1S/C28H38N2O5/c1-5-19(26(33)30-25-21-14-10-9-13-20(21)17-24(25)32)16-23(31)22(15-18-11-7-6-8-12-18)29-27(34)35-28(2,3)4/h6-14,19,22-25,31-32H,5,15-17H2,1-4H3,(H,29,34)(H,30,33)/t19-,22-,23-,24+,25-/m0/s1. The molecule has 0 bridgehead atoms. The van der Waals surface area contributed by atoms with E-state index in [1.54, 1.807) is 20.8 Å². The normalized spacial score (nSPS) is 19.8. The van der Waals surface area contributed by atoms with Crippen molar-refractivity contribution >= 4 is 12.0 Å². The number of hydrogen-bond acceptors (Lipinski definition) is 5. The number of carbonyl (C=O) groups excluding carboxylic acids is 2. The molecule has 7 heteroatoms. The molecule has 1 aliphatic rings. The maximum atomic E-state index is 13.2. The molecule has 0 unspecified atom stereocenters. The maximum Gasteiger partial charge on any atom is 0.407 e. The topological polar surface area (TPSA) is 108 Å². The summed E-state index contributed by atoms with van der Waals surface area (Å²) in [5, 5.41) is 27.4. The number of nitrogens with one attached hydrogen (secondary N) is 2. The van der Waals surface area contributed by atoms with Crippen LogP contribution in [0, 0.1) is 5.92 Å². The Morgan fingerprint density at radius 1 is 1.09 bits per heavy atom. The third-order valence-corrected chi connectivity index (χ3v) is 6.36. The molecular weight excluding hydrogens is 444 g/mol. The van der Waals surface area contributed by atoms with Gasteiger partial charge in [0.25, 0.3) is 0 Å². The molecule has 2 aromatic carbocycles. The second-order valence-electron chi connectivity index (χ2n) is 10.3. The average molecular weight is 483 g/mol. The predicted octanol–water partition coefficient (Wildman–Crippen LogP) is 3.67. The van der Waals surface area contributed by atoms with Gasteiger partial charge in [-0.2, -0.15) is 0 Å². The Bertz CT molecular complexity index is 988. The van der Waals surface area contributed by atoms with Crippen LogP contribution in [-0.2, 0) is 22.4 Å². The van der Waals surface area contributed by atoms with Crippen molar-refractivity contribution in [2.45, 2.75) is 83.3 Å². The summed E-state index contributed by atoms with van der Waals surface area (Å²) in [7, 11) is 0. The van der Waals surface area contributed by atoms with Gasteiger partial charge in [-0.25, -0.2) is 4.79 Å². The van der Waals surface area contributed by atoms with Crippen LogP contribution in [0.1, 0.15) is 63.3 Å². The van der Waals surface area contributed by atoms with Crippen LogP contribution in [0.2, 0.25) is 0 Å². The van der Waals surface area contributed by atoms with Gasteiger partial charge < -0.3 is 25.6 Å². The van der Waals surface area contributed by atoms with Gasteiger partial charge in [-0.1, -0.05) is 61.5 Å². The van der Waals surface area contributed by atoms with Crippen molar-refractivity contribution in [3.8, 4) is 0 Å². The van der Waals surface area contributed by atoms with E-state index >= 15 is 0 Å². The Balaban J connectivity index is 1.69. The zero-order valence-corrected chi connectivity index (χ0v) is 21.0. The highest BCUT2D eigenvalue weighted by atomic mass is 16.6. The summed E-state index contributed by atoms with van der Waals surface area (Å²) < 4.78 is 5.40. The summed E-state index contributed by atoms with van der Waals surface area (Å²) >= 11 is 0. The lowest BCUT2D eigenvalue weighted by atomic mass is 9.91. The van der Waals surface area contributed by atoms with Crippen molar-refractivity contribution in [2.75, 3.05) is 0 Å². The Morgan fingerprint density at radius 3 is 2.40 bits per heavy atom. The monoisotopic (exact) mass is 482 g/mol. The number of alkyl carbamates (subject to hydrolysis) is 1. The number of fused-ring (bicyclic) bond motifs is 1. The molecule has 0 radical (unpaired) electrons. The van der Waals surface area contributed by atoms with Gasteiger partial charge >= 0.3 is 6.09 Å². The lowest BCUT2D eigenvalue weighted by molar-refractivity contribution is -0.127. The third kappa shape index (κ3) is 7.54. The quantitative estimate of drug-likeness (QED) is 0.436. The Labute approximate surface area is 207 Å². The van der Waals surface area contributed by atoms with E-state index in [9.17, 15) is 19.8 Å². The molecule has 0 aliphatic heterocycles. The number of hydrogen-bond donors (Lipinski definition) is 4. The largest absolute Gasteiger partial charge is 0.444 e. The summed E-state index contributed by atoms with van der Waals surface area (Å²) in [5.41, 5.74) is 2.24. The molecule has 35 heavy (non-hydrogen) atoms. The van der Waals surface area contributed by atoms with Crippen LogP contribution in [0.4, 0.5) is 4.79 Å². The van der Waals surface area contributed by atoms with Crippen LogP contribution in [-0.4, -0.2) is 46.1 Å². The van der Waals surface area contributed by atoms with Crippen LogP contribution in [0.25, 0.3) is 0 Å². The Morgan fingerprint density at radius 2 is 1.74 bits per heavy atom. The van der Waals surface area contributed by atoms with Gasteiger partial charge in [0.1, 0.15) is 5.60 Å². The van der Waals surface area contributed by atoms with Crippen molar-refractivity contribution in [2.24, 2.45) is 5.92 Å². The van der Waals surface area contributed by atoms with E-state index in [1.807, 2.05) is 61.5 Å². The summed E-state index contributed by atoms with van der Waals surface area (Å²) in [6.45, 7) is 7.23. The molecule has 0 heterocycles. The molecule has 7 nitrogen and oxygen atoms in total. The number of rotatable bonds is 9. The van der Waals surface area contributed by atoms with Crippen molar-refractivity contribution in [3.63, 3.8) is 0 Å². The zero-order valence-electron chi connectivity index (χ0n) is 21.0. The Kier molecular flexibility index (Phi) is 8.92. The predicted molar refractivity (Wildman–Crippen MR) is 135 cm³/mol. The molecule has 2 aromatic rings. The summed E-state index contributed by atoms with van der Waals surface area (Å²) in [6, 6.07) is 16.2. The summed E-state index contributed by atoms with van der Waals surface area (Å²) in [6.07, 6.45) is -0.691. The number of benzene rings is 2. The van der Waals surface area contributed by atoms with E-state index in [1.165, 1.54) is 0 Å². The van der Waals surface area contributed by atoms with Crippen molar-refractivity contribution in [3.05, 3.63) is 71.3 Å². The molecule has 0 spiro atoms. The third-order valence-electron chi connectivity index (χ3n) is 6.36. The van der Waals surface area contributed by atoms with Crippen LogP contribution in [0.5, 0.6) is 0 Å². The molecule has 0 aromatic heterocycles. The van der Waals surface area contributed by atoms with Crippen molar-refractivity contribution in [1.29, 1.82) is 0 Å². The first-order valence-corrected chi connectivity index (χ1v) is 12.3. The van der Waals surface area contributed by atoms with Gasteiger partial charge in [-0.15, -0.1) is 0 Å². The first kappa shape index (κ1) is 26.7. The molecular formula is C28H38N2O5. The summed E-state index contributed by atoms with van der Waals surface area (Å²) in [5.74, 6) is -0.702. The molecule has 5 atom stereocenters. The molecule has 0 saturated heterocycles. The van der Waals surface area contributed by atoms with Crippen LogP contribution in [0.3, 0.4) is 0 Å². The van der Waals surface area contributed by atoms with E-state index in [0.29, 0.717) is 19.3 Å². The second kappa shape index (κ2) is 11.7. The van der Waals surface area contributed by atoms with Crippen LogP contribution >= 0.6 is 0 Å². The van der Waals surface area contributed by atoms with E-state index in [4.69, 9.17) is 4.74 Å². The number of aliphatic hydroxyl groups is 2. The van der Waals surface area contributed by atoms with Gasteiger partial charge in [0.15, 0.2) is 0 Å². The van der Waals surface area contributed by atoms with Crippen molar-refractivity contribution < 1.29 is 24.5 Å². The molecule has 2 amide bonds. The smallest absolute Gasteiger partial charge is 0.407 e. The van der Waals surface area contributed by atoms with E-state index in [-0.39, 0.29) is 12.3 Å². The minimum Gasteiger partial charge on any atom is -0.444 e. The van der Waals surface area contributed by atoms with Crippen LogP contribution < -0.4 is 10.6 Å². The lowest BCUT2D eigenvalue weighted by Gasteiger charge is -2.29. The van der Waals surface area contributed by atoms with E-state index in [0.717, 1.165) is 16.7 Å². The lowest BCUT2D eigenvalue weighted by Crippen LogP contribution is -2.48. The first-order chi connectivity index (χ1) is 16.6. The van der Waals surface area contributed by atoms with E-state index in [2.05, 4.69) is 10.6 Å². The minimum absolute atomic E-state index is 0.167. The SMILES string of the molecule is CC[C@@H](C[C@H](O)[C@H](Cc1ccccc1)NC(=O)OC(C)(C)C)C(=O)N[C@H]1c2ccccc2C[C@H]1O. The molecule has 1 aliphatic carbocycles. The maximum absolute atomic E-state index is 13.2. The first-order valence-electron chi connectivity index (χ1n) is 12.3. The molecule has 3 rings (SSSR count). The van der Waals surface area contributed by atoms with Crippen molar-refractivity contribution in [1.82, 2.24) is 10.6 Å². The zero-order chi connectivity index (χ0) is 25.6. The fourth-order valence-corrected chi connectivity index (χ4v) is 4.54. The Hall–Kier alpha value is -2.90. The molecule has 0 fully saturated rings. The minimum atomic E-state index is -0.973. The van der Waals surface area contributed by atoms with Gasteiger partial charge in [0.2, 0.25) is 5.91 Å². The average Bonchev–Trinajstić information content (AvgIpc) is 3.11. The summed E-state index contributed by atoms with van der Waals surface area (Å²) in [4.78, 5) is 25.7. The van der Waals surface area contributed by atoms with E-state index < -0.39 is 41.9 Å². The molecule has 0 saturated carbocycles. The van der Waals surface area contributed by atoms with Gasteiger partial charge in [0.05, 0.1) is 24.3 Å². The molecule has 190 valence electrons. The number of amides is 2. The van der Waals surface area contributed by atoms with Gasteiger partial charge in [-0.05, 0) is 56.7 Å². The van der Waals surface area contributed by atoms with Crippen LogP contribution in [0.15, 0.2) is 54.6 Å².